The Bertz CT molecular complexity index is 243. The van der Waals surface area contributed by atoms with Crippen molar-refractivity contribution >= 4 is 5.78 Å². The van der Waals surface area contributed by atoms with E-state index >= 15 is 0 Å². The molecule has 15 heavy (non-hydrogen) atoms. The number of hydrogen-bond acceptors (Lipinski definition) is 3. The lowest BCUT2D eigenvalue weighted by Crippen LogP contribution is -2.42. The molecule has 1 N–H and O–H groups in total. The van der Waals surface area contributed by atoms with Crippen molar-refractivity contribution in [2.24, 2.45) is 11.3 Å². The monoisotopic (exact) mass is 211 g/mol. The third kappa shape index (κ3) is 2.23. The molecule has 0 aromatic carbocycles. The van der Waals surface area contributed by atoms with Gasteiger partial charge in [0.1, 0.15) is 0 Å². The highest BCUT2D eigenvalue weighted by atomic mass is 16.5. The molecule has 0 radical (unpaired) electrons. The molecule has 0 spiro atoms. The number of nitrogens with one attached hydrogen (secondary N) is 1. The highest BCUT2D eigenvalue weighted by Gasteiger charge is 2.41. The number of carbonyl (C=O) groups is 1. The van der Waals surface area contributed by atoms with Crippen LogP contribution in [0.15, 0.2) is 0 Å². The summed E-state index contributed by atoms with van der Waals surface area (Å²) in [5, 5.41) is 3.47. The Morgan fingerprint density at radius 3 is 2.73 bits per heavy atom. The SMILES string of the molecule is CC(C)(C)C(=O)C1CC2COCCC2N1. The molecule has 3 heteroatoms. The Kier molecular flexibility index (Phi) is 2.86. The average Bonchev–Trinajstić information content (AvgIpc) is 2.58. The third-order valence-electron chi connectivity index (χ3n) is 3.48. The van der Waals surface area contributed by atoms with Crippen molar-refractivity contribution in [1.82, 2.24) is 5.32 Å². The Morgan fingerprint density at radius 2 is 2.13 bits per heavy atom. The van der Waals surface area contributed by atoms with Crippen LogP contribution in [-0.2, 0) is 9.53 Å². The molecule has 0 aliphatic carbocycles. The van der Waals surface area contributed by atoms with E-state index in [4.69, 9.17) is 4.74 Å². The second kappa shape index (κ2) is 3.87. The number of hydrogen-bond donors (Lipinski definition) is 1. The lowest BCUT2D eigenvalue weighted by Gasteiger charge is -2.24. The maximum absolute atomic E-state index is 12.1. The molecule has 0 saturated carbocycles. The Balaban J connectivity index is 2.00. The van der Waals surface area contributed by atoms with Crippen LogP contribution in [0.5, 0.6) is 0 Å². The predicted molar refractivity (Wildman–Crippen MR) is 58.7 cm³/mol. The summed E-state index contributed by atoms with van der Waals surface area (Å²) in [7, 11) is 0. The van der Waals surface area contributed by atoms with Gasteiger partial charge in [-0.2, -0.15) is 0 Å². The summed E-state index contributed by atoms with van der Waals surface area (Å²) in [6.07, 6.45) is 2.01. The van der Waals surface area contributed by atoms with Gasteiger partial charge in [-0.05, 0) is 18.8 Å². The fourth-order valence-corrected chi connectivity index (χ4v) is 2.58. The van der Waals surface area contributed by atoms with E-state index in [1.807, 2.05) is 20.8 Å². The molecule has 2 aliphatic rings. The van der Waals surface area contributed by atoms with Gasteiger partial charge in [0.05, 0.1) is 12.6 Å². The van der Waals surface area contributed by atoms with Crippen molar-refractivity contribution in [3.63, 3.8) is 0 Å². The Hall–Kier alpha value is -0.410. The van der Waals surface area contributed by atoms with E-state index in [2.05, 4.69) is 5.32 Å². The van der Waals surface area contributed by atoms with E-state index in [0.29, 0.717) is 17.7 Å². The number of Topliss-reactive ketones (excluding diaryl/α,β-unsaturated/α-hetero) is 1. The van der Waals surface area contributed by atoms with Gasteiger partial charge in [0.25, 0.3) is 0 Å². The van der Waals surface area contributed by atoms with E-state index in [1.54, 1.807) is 0 Å². The van der Waals surface area contributed by atoms with Crippen LogP contribution >= 0.6 is 0 Å². The quantitative estimate of drug-likeness (QED) is 0.712. The minimum atomic E-state index is -0.230. The fraction of sp³-hybridized carbons (Fsp3) is 0.917. The third-order valence-corrected chi connectivity index (χ3v) is 3.48. The number of ketones is 1. The lowest BCUT2D eigenvalue weighted by atomic mass is 9.85. The van der Waals surface area contributed by atoms with Crippen LogP contribution in [0, 0.1) is 11.3 Å². The normalized spacial score (nSPS) is 36.3. The molecule has 3 nitrogen and oxygen atoms in total. The number of rotatable bonds is 1. The first-order valence-corrected chi connectivity index (χ1v) is 5.86. The Morgan fingerprint density at radius 1 is 1.40 bits per heavy atom. The topological polar surface area (TPSA) is 38.3 Å². The van der Waals surface area contributed by atoms with Crippen molar-refractivity contribution in [3.05, 3.63) is 0 Å². The molecular weight excluding hydrogens is 190 g/mol. The number of fused-ring (bicyclic) bond motifs is 1. The first-order valence-electron chi connectivity index (χ1n) is 5.86. The van der Waals surface area contributed by atoms with Crippen LogP contribution in [0.1, 0.15) is 33.6 Å². The predicted octanol–water partition coefficient (Wildman–Crippen LogP) is 1.37. The molecule has 2 heterocycles. The van der Waals surface area contributed by atoms with Gasteiger partial charge in [0.2, 0.25) is 0 Å². The second-order valence-corrected chi connectivity index (χ2v) is 5.80. The molecule has 0 amide bonds. The summed E-state index contributed by atoms with van der Waals surface area (Å²) in [4.78, 5) is 12.1. The minimum Gasteiger partial charge on any atom is -0.381 e. The smallest absolute Gasteiger partial charge is 0.155 e. The fourth-order valence-electron chi connectivity index (χ4n) is 2.58. The first kappa shape index (κ1) is 11.1. The van der Waals surface area contributed by atoms with Gasteiger partial charge in [0.15, 0.2) is 5.78 Å². The molecule has 2 rings (SSSR count). The van der Waals surface area contributed by atoms with Crippen LogP contribution in [0.3, 0.4) is 0 Å². The second-order valence-electron chi connectivity index (χ2n) is 5.80. The van der Waals surface area contributed by atoms with Gasteiger partial charge in [-0.1, -0.05) is 20.8 Å². The zero-order valence-corrected chi connectivity index (χ0v) is 9.88. The van der Waals surface area contributed by atoms with Crippen molar-refractivity contribution in [3.8, 4) is 0 Å². The van der Waals surface area contributed by atoms with E-state index in [9.17, 15) is 4.79 Å². The number of carbonyl (C=O) groups excluding carboxylic acids is 1. The Labute approximate surface area is 91.6 Å². The summed E-state index contributed by atoms with van der Waals surface area (Å²) < 4.78 is 5.45. The van der Waals surface area contributed by atoms with Crippen LogP contribution < -0.4 is 5.32 Å². The van der Waals surface area contributed by atoms with Gasteiger partial charge in [-0.25, -0.2) is 0 Å². The summed E-state index contributed by atoms with van der Waals surface area (Å²) in [5.74, 6) is 0.895. The largest absolute Gasteiger partial charge is 0.381 e. The van der Waals surface area contributed by atoms with E-state index in [1.165, 1.54) is 0 Å². The van der Waals surface area contributed by atoms with Crippen molar-refractivity contribution in [2.75, 3.05) is 13.2 Å². The maximum Gasteiger partial charge on any atom is 0.155 e. The van der Waals surface area contributed by atoms with Crippen LogP contribution in [0.25, 0.3) is 0 Å². The first-order chi connectivity index (χ1) is 6.98. The van der Waals surface area contributed by atoms with Gasteiger partial charge in [-0.15, -0.1) is 0 Å². The van der Waals surface area contributed by atoms with Gasteiger partial charge in [0, 0.05) is 18.1 Å². The highest BCUT2D eigenvalue weighted by Crippen LogP contribution is 2.30. The van der Waals surface area contributed by atoms with Gasteiger partial charge in [-0.3, -0.25) is 4.79 Å². The van der Waals surface area contributed by atoms with Crippen LogP contribution in [0.4, 0.5) is 0 Å². The molecule has 2 aliphatic heterocycles. The van der Waals surface area contributed by atoms with Crippen LogP contribution in [0.2, 0.25) is 0 Å². The zero-order valence-electron chi connectivity index (χ0n) is 9.88. The molecular formula is C12H21NO2. The maximum atomic E-state index is 12.1. The minimum absolute atomic E-state index is 0.0571. The molecule has 3 atom stereocenters. The lowest BCUT2D eigenvalue weighted by molar-refractivity contribution is -0.128. The molecule has 0 aromatic heterocycles. The summed E-state index contributed by atoms with van der Waals surface area (Å²) in [5.41, 5.74) is -0.230. The van der Waals surface area contributed by atoms with E-state index in [0.717, 1.165) is 26.1 Å². The summed E-state index contributed by atoms with van der Waals surface area (Å²) >= 11 is 0. The highest BCUT2D eigenvalue weighted by molar-refractivity contribution is 5.89. The molecule has 0 bridgehead atoms. The zero-order chi connectivity index (χ0) is 11.1. The van der Waals surface area contributed by atoms with Crippen molar-refractivity contribution in [2.45, 2.75) is 45.7 Å². The standard InChI is InChI=1S/C12H21NO2/c1-12(2,3)11(14)10-6-8-7-15-5-4-9(8)13-10/h8-10,13H,4-7H2,1-3H3. The van der Waals surface area contributed by atoms with Crippen molar-refractivity contribution < 1.29 is 9.53 Å². The average molecular weight is 211 g/mol. The van der Waals surface area contributed by atoms with E-state index in [-0.39, 0.29) is 11.5 Å². The van der Waals surface area contributed by atoms with Gasteiger partial charge < -0.3 is 10.1 Å². The molecule has 2 saturated heterocycles. The molecule has 3 unspecified atom stereocenters. The number of ether oxygens (including phenoxy) is 1. The summed E-state index contributed by atoms with van der Waals surface area (Å²) in [6, 6.07) is 0.566. The molecule has 86 valence electrons. The summed E-state index contributed by atoms with van der Waals surface area (Å²) in [6.45, 7) is 7.65. The molecule has 2 fully saturated rings. The molecule has 0 aromatic rings. The van der Waals surface area contributed by atoms with Crippen LogP contribution in [-0.4, -0.2) is 31.1 Å². The van der Waals surface area contributed by atoms with Crippen molar-refractivity contribution in [1.29, 1.82) is 0 Å². The van der Waals surface area contributed by atoms with E-state index < -0.39 is 0 Å². The van der Waals surface area contributed by atoms with Gasteiger partial charge >= 0.3 is 0 Å².